The van der Waals surface area contributed by atoms with Crippen LogP contribution in [0, 0.1) is 0 Å². The molecular weight excluding hydrogens is 180 g/mol. The molecule has 0 aliphatic rings. The minimum absolute atomic E-state index is 0.419. The van der Waals surface area contributed by atoms with Gasteiger partial charge >= 0.3 is 5.63 Å². The molecule has 0 aliphatic carbocycles. The molecule has 0 amide bonds. The molecule has 2 aromatic rings. The highest BCUT2D eigenvalue weighted by atomic mass is 16.5. The van der Waals surface area contributed by atoms with Crippen molar-refractivity contribution < 1.29 is 4.52 Å². The number of aryl methyl sites for hydroxylation is 1. The first kappa shape index (κ1) is 8.74. The molecule has 0 saturated carbocycles. The van der Waals surface area contributed by atoms with E-state index in [-0.39, 0.29) is 0 Å². The maximum atomic E-state index is 11.3. The van der Waals surface area contributed by atoms with Crippen LogP contribution in [0.25, 0.3) is 10.8 Å². The summed E-state index contributed by atoms with van der Waals surface area (Å²) in [6, 6.07) is 5.09. The molecule has 0 radical (unpaired) electrons. The van der Waals surface area contributed by atoms with E-state index >= 15 is 0 Å². The molecular formula is C10H10N2O2. The quantitative estimate of drug-likeness (QED) is 0.689. The standard InChI is InChI=1S/C10H10N2O2/c1-2-9-8-5-6(11)3-4-7(8)10(13)14-12-9/h3-5H,2,11H2,1H3. The zero-order chi connectivity index (χ0) is 10.1. The summed E-state index contributed by atoms with van der Waals surface area (Å²) in [4.78, 5) is 11.3. The van der Waals surface area contributed by atoms with Gasteiger partial charge in [0.1, 0.15) is 0 Å². The molecule has 0 saturated heterocycles. The second-order valence-corrected chi connectivity index (χ2v) is 3.08. The fourth-order valence-electron chi connectivity index (χ4n) is 1.43. The first-order chi connectivity index (χ1) is 6.72. The number of hydrogen-bond donors (Lipinski definition) is 1. The van der Waals surface area contributed by atoms with Gasteiger partial charge in [-0.1, -0.05) is 12.1 Å². The molecule has 1 heterocycles. The molecule has 2 N–H and O–H groups in total. The number of nitrogens with zero attached hydrogens (tertiary/aromatic N) is 1. The molecule has 1 aromatic carbocycles. The van der Waals surface area contributed by atoms with Crippen molar-refractivity contribution in [2.75, 3.05) is 5.73 Å². The Labute approximate surface area is 80.3 Å². The number of benzene rings is 1. The van der Waals surface area contributed by atoms with Gasteiger partial charge < -0.3 is 10.3 Å². The van der Waals surface area contributed by atoms with E-state index in [1.54, 1.807) is 18.2 Å². The lowest BCUT2D eigenvalue weighted by molar-refractivity contribution is 0.368. The Hall–Kier alpha value is -1.84. The summed E-state index contributed by atoms with van der Waals surface area (Å²) in [6.45, 7) is 1.95. The normalized spacial score (nSPS) is 10.6. The summed E-state index contributed by atoms with van der Waals surface area (Å²) in [5, 5.41) is 5.04. The minimum atomic E-state index is -0.419. The number of aromatic nitrogens is 1. The lowest BCUT2D eigenvalue weighted by Crippen LogP contribution is -2.04. The van der Waals surface area contributed by atoms with Gasteiger partial charge in [-0.2, -0.15) is 0 Å². The average Bonchev–Trinajstić information content (AvgIpc) is 2.18. The molecule has 0 unspecified atom stereocenters. The number of fused-ring (bicyclic) bond motifs is 1. The Kier molecular flexibility index (Phi) is 1.96. The van der Waals surface area contributed by atoms with Gasteiger partial charge in [-0.15, -0.1) is 0 Å². The molecule has 2 rings (SSSR count). The summed E-state index contributed by atoms with van der Waals surface area (Å²) < 4.78 is 4.66. The summed E-state index contributed by atoms with van der Waals surface area (Å²) in [6.07, 6.45) is 0.712. The van der Waals surface area contributed by atoms with E-state index in [4.69, 9.17) is 5.73 Å². The number of anilines is 1. The van der Waals surface area contributed by atoms with Crippen molar-refractivity contribution in [3.8, 4) is 0 Å². The molecule has 0 bridgehead atoms. The maximum absolute atomic E-state index is 11.3. The third-order valence-electron chi connectivity index (χ3n) is 2.15. The molecule has 4 heteroatoms. The monoisotopic (exact) mass is 190 g/mol. The predicted molar refractivity (Wildman–Crippen MR) is 54.1 cm³/mol. The number of rotatable bonds is 1. The van der Waals surface area contributed by atoms with Crippen molar-refractivity contribution in [2.24, 2.45) is 0 Å². The first-order valence-electron chi connectivity index (χ1n) is 4.40. The number of nitrogens with two attached hydrogens (primary N) is 1. The van der Waals surface area contributed by atoms with Crippen LogP contribution in [0.3, 0.4) is 0 Å². The van der Waals surface area contributed by atoms with Gasteiger partial charge in [0.25, 0.3) is 0 Å². The zero-order valence-electron chi connectivity index (χ0n) is 7.78. The Morgan fingerprint density at radius 2 is 2.21 bits per heavy atom. The Morgan fingerprint density at radius 3 is 2.93 bits per heavy atom. The van der Waals surface area contributed by atoms with Crippen LogP contribution in [0.1, 0.15) is 12.6 Å². The van der Waals surface area contributed by atoms with Crippen LogP contribution in [-0.2, 0) is 6.42 Å². The molecule has 72 valence electrons. The van der Waals surface area contributed by atoms with E-state index in [9.17, 15) is 4.79 Å². The van der Waals surface area contributed by atoms with Crippen LogP contribution in [-0.4, -0.2) is 5.16 Å². The highest BCUT2D eigenvalue weighted by molar-refractivity contribution is 5.85. The predicted octanol–water partition coefficient (Wildman–Crippen LogP) is 1.33. The second-order valence-electron chi connectivity index (χ2n) is 3.08. The third-order valence-corrected chi connectivity index (χ3v) is 2.15. The molecule has 14 heavy (non-hydrogen) atoms. The van der Waals surface area contributed by atoms with Crippen molar-refractivity contribution in [2.45, 2.75) is 13.3 Å². The van der Waals surface area contributed by atoms with E-state index in [0.29, 0.717) is 17.5 Å². The summed E-state index contributed by atoms with van der Waals surface area (Å²) in [5.74, 6) is 0. The van der Waals surface area contributed by atoms with Crippen LogP contribution in [0.15, 0.2) is 27.5 Å². The zero-order valence-corrected chi connectivity index (χ0v) is 7.78. The van der Waals surface area contributed by atoms with Crippen LogP contribution in [0.2, 0.25) is 0 Å². The molecule has 4 nitrogen and oxygen atoms in total. The minimum Gasteiger partial charge on any atom is -0.399 e. The number of nitrogen functional groups attached to an aromatic ring is 1. The van der Waals surface area contributed by atoms with E-state index in [1.165, 1.54) is 0 Å². The lowest BCUT2D eigenvalue weighted by Gasteiger charge is -2.01. The van der Waals surface area contributed by atoms with Gasteiger partial charge in [0.05, 0.1) is 11.1 Å². The number of hydrogen-bond acceptors (Lipinski definition) is 4. The van der Waals surface area contributed by atoms with Crippen molar-refractivity contribution in [3.05, 3.63) is 34.3 Å². The topological polar surface area (TPSA) is 69.1 Å². The third kappa shape index (κ3) is 1.25. The van der Waals surface area contributed by atoms with Crippen LogP contribution in [0.4, 0.5) is 5.69 Å². The molecule has 1 aromatic heterocycles. The smallest absolute Gasteiger partial charge is 0.366 e. The Balaban J connectivity index is 2.92. The van der Waals surface area contributed by atoms with Crippen LogP contribution < -0.4 is 11.4 Å². The summed E-state index contributed by atoms with van der Waals surface area (Å²) in [7, 11) is 0. The summed E-state index contributed by atoms with van der Waals surface area (Å²) >= 11 is 0. The fraction of sp³-hybridized carbons (Fsp3) is 0.200. The molecule has 0 spiro atoms. The average molecular weight is 190 g/mol. The molecule has 0 fully saturated rings. The fourth-order valence-corrected chi connectivity index (χ4v) is 1.43. The van der Waals surface area contributed by atoms with Crippen LogP contribution >= 0.6 is 0 Å². The van der Waals surface area contributed by atoms with Crippen molar-refractivity contribution >= 4 is 16.5 Å². The largest absolute Gasteiger partial charge is 0.399 e. The Bertz CT molecular complexity index is 531. The van der Waals surface area contributed by atoms with E-state index < -0.39 is 5.63 Å². The van der Waals surface area contributed by atoms with E-state index in [2.05, 4.69) is 9.68 Å². The molecule has 0 atom stereocenters. The Morgan fingerprint density at radius 1 is 1.43 bits per heavy atom. The molecule has 0 aliphatic heterocycles. The SMILES string of the molecule is CCc1noc(=O)c2ccc(N)cc12. The van der Waals surface area contributed by atoms with Gasteiger partial charge in [0.2, 0.25) is 0 Å². The first-order valence-corrected chi connectivity index (χ1v) is 4.40. The van der Waals surface area contributed by atoms with Crippen molar-refractivity contribution in [1.82, 2.24) is 5.16 Å². The summed E-state index contributed by atoms with van der Waals surface area (Å²) in [5.41, 5.74) is 6.60. The van der Waals surface area contributed by atoms with Crippen LogP contribution in [0.5, 0.6) is 0 Å². The van der Waals surface area contributed by atoms with Gasteiger partial charge in [-0.3, -0.25) is 0 Å². The lowest BCUT2D eigenvalue weighted by atomic mass is 10.1. The van der Waals surface area contributed by atoms with Gasteiger partial charge in [-0.05, 0) is 24.6 Å². The van der Waals surface area contributed by atoms with Crippen molar-refractivity contribution in [3.63, 3.8) is 0 Å². The van der Waals surface area contributed by atoms with Gasteiger partial charge in [0, 0.05) is 11.1 Å². The highest BCUT2D eigenvalue weighted by Crippen LogP contribution is 2.17. The van der Waals surface area contributed by atoms with E-state index in [0.717, 1.165) is 11.1 Å². The highest BCUT2D eigenvalue weighted by Gasteiger charge is 2.06. The maximum Gasteiger partial charge on any atom is 0.366 e. The van der Waals surface area contributed by atoms with Gasteiger partial charge in [0.15, 0.2) is 0 Å². The van der Waals surface area contributed by atoms with Gasteiger partial charge in [-0.25, -0.2) is 4.79 Å². The van der Waals surface area contributed by atoms with E-state index in [1.807, 2.05) is 6.92 Å². The second kappa shape index (κ2) is 3.14. The van der Waals surface area contributed by atoms with Crippen molar-refractivity contribution in [1.29, 1.82) is 0 Å².